The van der Waals surface area contributed by atoms with Gasteiger partial charge < -0.3 is 15.3 Å². The van der Waals surface area contributed by atoms with E-state index in [-0.39, 0.29) is 5.91 Å². The summed E-state index contributed by atoms with van der Waals surface area (Å²) in [6.07, 6.45) is -2.78. The molecule has 0 aliphatic carbocycles. The first-order valence-electron chi connectivity index (χ1n) is 7.22. The molecule has 22 heavy (non-hydrogen) atoms. The van der Waals surface area contributed by atoms with Gasteiger partial charge in [-0.3, -0.25) is 9.69 Å². The van der Waals surface area contributed by atoms with E-state index in [1.165, 1.54) is 13.1 Å². The lowest BCUT2D eigenvalue weighted by atomic mass is 10.0. The van der Waals surface area contributed by atoms with Gasteiger partial charge in [0.25, 0.3) is 0 Å². The van der Waals surface area contributed by atoms with Crippen LogP contribution in [0.3, 0.4) is 0 Å². The number of halogens is 3. The standard InChI is InChI=1S/C11H21N3O.C2HF3O2/c1-10(15)13-6-2-11(3-7-13)14-8-4-12-5-9-14;3-2(4,5)1(6)7/h11-12H,2-9H2,1H3;(H,6,7). The van der Waals surface area contributed by atoms with Gasteiger partial charge in [0.2, 0.25) is 5.91 Å². The van der Waals surface area contributed by atoms with Crippen molar-refractivity contribution in [3.63, 3.8) is 0 Å². The van der Waals surface area contributed by atoms with Crippen molar-refractivity contribution in [1.82, 2.24) is 15.1 Å². The molecular formula is C13H22F3N3O3. The number of rotatable bonds is 1. The minimum absolute atomic E-state index is 0.230. The summed E-state index contributed by atoms with van der Waals surface area (Å²) in [5.41, 5.74) is 0. The molecule has 0 aromatic heterocycles. The number of carboxylic acids is 1. The highest BCUT2D eigenvalue weighted by atomic mass is 19.4. The van der Waals surface area contributed by atoms with Crippen molar-refractivity contribution < 1.29 is 27.9 Å². The number of hydrogen-bond acceptors (Lipinski definition) is 4. The van der Waals surface area contributed by atoms with Crippen molar-refractivity contribution in [2.45, 2.75) is 32.0 Å². The zero-order valence-corrected chi connectivity index (χ0v) is 12.5. The smallest absolute Gasteiger partial charge is 0.475 e. The fourth-order valence-corrected chi connectivity index (χ4v) is 2.59. The minimum atomic E-state index is -5.08. The Kier molecular flexibility index (Phi) is 7.08. The molecule has 2 aliphatic heterocycles. The average molecular weight is 325 g/mol. The Morgan fingerprint density at radius 2 is 1.55 bits per heavy atom. The van der Waals surface area contributed by atoms with E-state index in [0.29, 0.717) is 6.04 Å². The molecule has 0 spiro atoms. The van der Waals surface area contributed by atoms with Gasteiger partial charge in [-0.1, -0.05) is 0 Å². The Morgan fingerprint density at radius 1 is 1.09 bits per heavy atom. The molecule has 0 unspecified atom stereocenters. The zero-order chi connectivity index (χ0) is 16.8. The number of piperazine rings is 1. The van der Waals surface area contributed by atoms with Crippen LogP contribution >= 0.6 is 0 Å². The molecule has 128 valence electrons. The number of nitrogens with one attached hydrogen (secondary N) is 1. The Labute approximate surface area is 127 Å². The number of amides is 1. The largest absolute Gasteiger partial charge is 0.490 e. The molecule has 1 amide bonds. The van der Waals surface area contributed by atoms with Crippen molar-refractivity contribution in [1.29, 1.82) is 0 Å². The van der Waals surface area contributed by atoms with E-state index in [4.69, 9.17) is 9.90 Å². The highest BCUT2D eigenvalue weighted by Crippen LogP contribution is 2.16. The lowest BCUT2D eigenvalue weighted by Gasteiger charge is -2.40. The van der Waals surface area contributed by atoms with Gasteiger partial charge >= 0.3 is 12.1 Å². The molecule has 2 fully saturated rings. The predicted octanol–water partition coefficient (Wildman–Crippen LogP) is 0.536. The average Bonchev–Trinajstić information content (AvgIpc) is 2.48. The molecule has 0 aromatic carbocycles. The molecule has 2 saturated heterocycles. The van der Waals surface area contributed by atoms with E-state index in [1.54, 1.807) is 6.92 Å². The van der Waals surface area contributed by atoms with Gasteiger partial charge in [0.1, 0.15) is 0 Å². The molecule has 2 heterocycles. The van der Waals surface area contributed by atoms with Gasteiger partial charge in [0.15, 0.2) is 0 Å². The number of carbonyl (C=O) groups is 2. The molecule has 6 nitrogen and oxygen atoms in total. The van der Waals surface area contributed by atoms with Crippen LogP contribution < -0.4 is 5.32 Å². The van der Waals surface area contributed by atoms with Crippen LogP contribution in [0.2, 0.25) is 0 Å². The first-order chi connectivity index (χ1) is 10.2. The molecule has 0 radical (unpaired) electrons. The van der Waals surface area contributed by atoms with Gasteiger partial charge in [0, 0.05) is 52.2 Å². The molecule has 0 atom stereocenters. The van der Waals surface area contributed by atoms with Crippen LogP contribution in [0.15, 0.2) is 0 Å². The molecule has 0 saturated carbocycles. The van der Waals surface area contributed by atoms with Crippen LogP contribution in [0.4, 0.5) is 13.2 Å². The molecule has 0 aromatic rings. The van der Waals surface area contributed by atoms with E-state index in [0.717, 1.165) is 39.0 Å². The summed E-state index contributed by atoms with van der Waals surface area (Å²) in [7, 11) is 0. The minimum Gasteiger partial charge on any atom is -0.475 e. The molecule has 2 N–H and O–H groups in total. The summed E-state index contributed by atoms with van der Waals surface area (Å²) in [5.74, 6) is -2.53. The van der Waals surface area contributed by atoms with Crippen molar-refractivity contribution in [3.05, 3.63) is 0 Å². The maximum Gasteiger partial charge on any atom is 0.490 e. The van der Waals surface area contributed by atoms with Crippen molar-refractivity contribution >= 4 is 11.9 Å². The van der Waals surface area contributed by atoms with E-state index in [1.807, 2.05) is 4.90 Å². The maximum atomic E-state index is 11.2. The number of alkyl halides is 3. The topological polar surface area (TPSA) is 72.9 Å². The van der Waals surface area contributed by atoms with Gasteiger partial charge in [-0.25, -0.2) is 4.79 Å². The normalized spacial score (nSPS) is 21.0. The second-order valence-corrected chi connectivity index (χ2v) is 5.33. The molecule has 2 rings (SSSR count). The summed E-state index contributed by atoms with van der Waals surface area (Å²) >= 11 is 0. The highest BCUT2D eigenvalue weighted by Gasteiger charge is 2.38. The van der Waals surface area contributed by atoms with E-state index in [9.17, 15) is 18.0 Å². The van der Waals surface area contributed by atoms with E-state index < -0.39 is 12.1 Å². The van der Waals surface area contributed by atoms with Crippen LogP contribution in [0.1, 0.15) is 19.8 Å². The number of piperidine rings is 1. The van der Waals surface area contributed by atoms with Gasteiger partial charge in [-0.2, -0.15) is 13.2 Å². The number of aliphatic carboxylic acids is 1. The first-order valence-corrected chi connectivity index (χ1v) is 7.22. The van der Waals surface area contributed by atoms with Crippen molar-refractivity contribution in [3.8, 4) is 0 Å². The Hall–Kier alpha value is -1.35. The van der Waals surface area contributed by atoms with Crippen LogP contribution in [-0.2, 0) is 9.59 Å². The Bertz CT molecular complexity index is 376. The van der Waals surface area contributed by atoms with E-state index >= 15 is 0 Å². The third kappa shape index (κ3) is 6.18. The number of hydrogen-bond donors (Lipinski definition) is 2. The zero-order valence-electron chi connectivity index (χ0n) is 12.5. The van der Waals surface area contributed by atoms with E-state index in [2.05, 4.69) is 10.2 Å². The summed E-state index contributed by atoms with van der Waals surface area (Å²) in [4.78, 5) is 24.6. The van der Waals surface area contributed by atoms with Crippen molar-refractivity contribution in [2.24, 2.45) is 0 Å². The number of likely N-dealkylation sites (tertiary alicyclic amines) is 1. The maximum absolute atomic E-state index is 11.2. The monoisotopic (exact) mass is 325 g/mol. The fourth-order valence-electron chi connectivity index (χ4n) is 2.59. The molecule has 0 bridgehead atoms. The quantitative estimate of drug-likeness (QED) is 0.736. The number of carboxylic acid groups (broad SMARTS) is 1. The summed E-state index contributed by atoms with van der Waals surface area (Å²) < 4.78 is 31.7. The van der Waals surface area contributed by atoms with Crippen LogP contribution in [-0.4, -0.2) is 78.3 Å². The number of nitrogens with zero attached hydrogens (tertiary/aromatic N) is 2. The Balaban J connectivity index is 0.000000295. The predicted molar refractivity (Wildman–Crippen MR) is 73.4 cm³/mol. The molecular weight excluding hydrogens is 303 g/mol. The van der Waals surface area contributed by atoms with Crippen LogP contribution in [0.25, 0.3) is 0 Å². The number of carbonyl (C=O) groups excluding carboxylic acids is 1. The second-order valence-electron chi connectivity index (χ2n) is 5.33. The van der Waals surface area contributed by atoms with Gasteiger partial charge in [-0.05, 0) is 12.8 Å². The van der Waals surface area contributed by atoms with Crippen LogP contribution in [0, 0.1) is 0 Å². The molecule has 2 aliphatic rings. The molecule has 9 heteroatoms. The lowest BCUT2D eigenvalue weighted by Crippen LogP contribution is -2.52. The third-order valence-electron chi connectivity index (χ3n) is 3.82. The Morgan fingerprint density at radius 3 is 1.91 bits per heavy atom. The highest BCUT2D eigenvalue weighted by molar-refractivity contribution is 5.73. The third-order valence-corrected chi connectivity index (χ3v) is 3.82. The fraction of sp³-hybridized carbons (Fsp3) is 0.846. The van der Waals surface area contributed by atoms with Crippen molar-refractivity contribution in [2.75, 3.05) is 39.3 Å². The lowest BCUT2D eigenvalue weighted by molar-refractivity contribution is -0.192. The van der Waals surface area contributed by atoms with Gasteiger partial charge in [-0.15, -0.1) is 0 Å². The van der Waals surface area contributed by atoms with Crippen LogP contribution in [0.5, 0.6) is 0 Å². The SMILES string of the molecule is CC(=O)N1CCC(N2CCNCC2)CC1.O=C(O)C(F)(F)F. The summed E-state index contributed by atoms with van der Waals surface area (Å²) in [5, 5.41) is 10.5. The van der Waals surface area contributed by atoms with Gasteiger partial charge in [0.05, 0.1) is 0 Å². The summed E-state index contributed by atoms with van der Waals surface area (Å²) in [6.45, 7) is 8.15. The second kappa shape index (κ2) is 8.33. The summed E-state index contributed by atoms with van der Waals surface area (Å²) in [6, 6.07) is 0.711. The first kappa shape index (κ1) is 18.7.